The summed E-state index contributed by atoms with van der Waals surface area (Å²) in [6.07, 6.45) is 1.31. The van der Waals surface area contributed by atoms with E-state index in [1.54, 1.807) is 0 Å². The normalized spacial score (nSPS) is 45.0. The van der Waals surface area contributed by atoms with Crippen LogP contribution in [-0.4, -0.2) is 36.9 Å². The lowest BCUT2D eigenvalue weighted by Gasteiger charge is -2.07. The second kappa shape index (κ2) is 3.06. The van der Waals surface area contributed by atoms with Gasteiger partial charge in [-0.15, -0.1) is 0 Å². The summed E-state index contributed by atoms with van der Waals surface area (Å²) in [5.74, 6) is 0. The van der Waals surface area contributed by atoms with Crippen LogP contribution in [0.2, 0.25) is 0 Å². The molecule has 2 heterocycles. The summed E-state index contributed by atoms with van der Waals surface area (Å²) >= 11 is 0. The number of fused-ring (bicyclic) bond motifs is 1. The Morgan fingerprint density at radius 3 is 3.18 bits per heavy atom. The zero-order valence-electron chi connectivity index (χ0n) is 6.32. The van der Waals surface area contributed by atoms with Gasteiger partial charge in [-0.25, -0.2) is 0 Å². The molecule has 0 spiro atoms. The molecule has 2 N–H and O–H groups in total. The predicted molar refractivity (Wildman–Crippen MR) is 37.9 cm³/mol. The van der Waals surface area contributed by atoms with Gasteiger partial charge < -0.3 is 14.6 Å². The van der Waals surface area contributed by atoms with Gasteiger partial charge in [-0.3, -0.25) is 5.32 Å². The van der Waals surface area contributed by atoms with Crippen LogP contribution in [-0.2, 0) is 9.47 Å². The van der Waals surface area contributed by atoms with E-state index in [0.29, 0.717) is 13.0 Å². The molecule has 3 unspecified atom stereocenters. The first kappa shape index (κ1) is 7.49. The average Bonchev–Trinajstić information content (AvgIpc) is 2.67. The van der Waals surface area contributed by atoms with Crippen molar-refractivity contribution in [3.8, 4) is 0 Å². The van der Waals surface area contributed by atoms with Crippen molar-refractivity contribution in [2.24, 2.45) is 0 Å². The van der Waals surface area contributed by atoms with E-state index >= 15 is 0 Å². The van der Waals surface area contributed by atoms with Gasteiger partial charge in [0.05, 0.1) is 12.7 Å². The van der Waals surface area contributed by atoms with Crippen molar-refractivity contribution in [3.05, 3.63) is 0 Å². The molecule has 0 aromatic carbocycles. The van der Waals surface area contributed by atoms with Gasteiger partial charge in [0.1, 0.15) is 0 Å². The lowest BCUT2D eigenvalue weighted by atomic mass is 10.2. The molecule has 4 nitrogen and oxygen atoms in total. The van der Waals surface area contributed by atoms with Crippen LogP contribution in [0.3, 0.4) is 0 Å². The van der Waals surface area contributed by atoms with Crippen molar-refractivity contribution < 1.29 is 14.6 Å². The molecule has 3 atom stereocenters. The SMILES string of the molecule is OC1CCNC2OC2OCC1. The van der Waals surface area contributed by atoms with Crippen LogP contribution in [0.4, 0.5) is 0 Å². The summed E-state index contributed by atoms with van der Waals surface area (Å²) in [5, 5.41) is 12.4. The third kappa shape index (κ3) is 1.90. The van der Waals surface area contributed by atoms with Crippen LogP contribution >= 0.6 is 0 Å². The molecule has 2 aliphatic rings. The first-order valence-corrected chi connectivity index (χ1v) is 4.05. The van der Waals surface area contributed by atoms with Crippen molar-refractivity contribution in [1.29, 1.82) is 0 Å². The van der Waals surface area contributed by atoms with Crippen LogP contribution in [0.1, 0.15) is 12.8 Å². The highest BCUT2D eigenvalue weighted by Gasteiger charge is 2.40. The molecule has 4 heteroatoms. The molecule has 2 aliphatic heterocycles. The minimum atomic E-state index is -0.222. The molecule has 0 saturated carbocycles. The first-order chi connectivity index (χ1) is 5.36. The number of hydrogen-bond donors (Lipinski definition) is 2. The second-order valence-corrected chi connectivity index (χ2v) is 2.98. The summed E-state index contributed by atoms with van der Waals surface area (Å²) in [7, 11) is 0. The molecule has 0 amide bonds. The van der Waals surface area contributed by atoms with Crippen molar-refractivity contribution >= 4 is 0 Å². The molecule has 0 bridgehead atoms. The number of aliphatic hydroxyl groups is 1. The zero-order chi connectivity index (χ0) is 7.68. The van der Waals surface area contributed by atoms with Gasteiger partial charge in [-0.05, 0) is 12.8 Å². The van der Waals surface area contributed by atoms with Crippen molar-refractivity contribution in [1.82, 2.24) is 5.32 Å². The highest BCUT2D eigenvalue weighted by atomic mass is 16.8. The Morgan fingerprint density at radius 2 is 2.27 bits per heavy atom. The average molecular weight is 159 g/mol. The van der Waals surface area contributed by atoms with Crippen LogP contribution in [0.5, 0.6) is 0 Å². The van der Waals surface area contributed by atoms with Crippen molar-refractivity contribution in [2.75, 3.05) is 13.2 Å². The Bertz CT molecular complexity index is 124. The molecule has 0 aromatic rings. The maximum absolute atomic E-state index is 9.28. The molecule has 0 aliphatic carbocycles. The first-order valence-electron chi connectivity index (χ1n) is 4.05. The Balaban J connectivity index is 1.80. The third-order valence-electron chi connectivity index (χ3n) is 2.01. The van der Waals surface area contributed by atoms with E-state index in [9.17, 15) is 5.11 Å². The van der Waals surface area contributed by atoms with Crippen LogP contribution in [0.15, 0.2) is 0 Å². The standard InChI is InChI=1S/C7H13NO3/c9-5-1-3-8-6-7(11-6)10-4-2-5/h5-9H,1-4H2. The van der Waals surface area contributed by atoms with E-state index in [0.717, 1.165) is 13.0 Å². The van der Waals surface area contributed by atoms with Gasteiger partial charge in [0.2, 0.25) is 0 Å². The number of nitrogens with one attached hydrogen (secondary N) is 1. The quantitative estimate of drug-likeness (QED) is 0.465. The number of hydrogen-bond acceptors (Lipinski definition) is 4. The molecule has 2 rings (SSSR count). The van der Waals surface area contributed by atoms with Crippen LogP contribution in [0, 0.1) is 0 Å². The molecule has 2 fully saturated rings. The Kier molecular flexibility index (Phi) is 2.09. The van der Waals surface area contributed by atoms with Crippen molar-refractivity contribution in [3.63, 3.8) is 0 Å². The van der Waals surface area contributed by atoms with E-state index in [-0.39, 0.29) is 18.6 Å². The molecule has 0 aromatic heterocycles. The maximum Gasteiger partial charge on any atom is 0.199 e. The summed E-state index contributed by atoms with van der Waals surface area (Å²) in [5.41, 5.74) is 0. The van der Waals surface area contributed by atoms with Gasteiger partial charge in [0.25, 0.3) is 0 Å². The van der Waals surface area contributed by atoms with Gasteiger partial charge in [-0.1, -0.05) is 0 Å². The van der Waals surface area contributed by atoms with E-state index in [1.807, 2.05) is 0 Å². The Morgan fingerprint density at radius 1 is 1.36 bits per heavy atom. The fourth-order valence-electron chi connectivity index (χ4n) is 1.23. The van der Waals surface area contributed by atoms with E-state index in [1.165, 1.54) is 0 Å². The van der Waals surface area contributed by atoms with E-state index in [2.05, 4.69) is 5.32 Å². The number of ether oxygens (including phenoxy) is 2. The Labute approximate surface area is 65.5 Å². The lowest BCUT2D eigenvalue weighted by Crippen LogP contribution is -2.23. The molecule has 11 heavy (non-hydrogen) atoms. The molecule has 64 valence electrons. The number of epoxide rings is 1. The van der Waals surface area contributed by atoms with E-state index < -0.39 is 0 Å². The summed E-state index contributed by atoms with van der Waals surface area (Å²) < 4.78 is 10.4. The lowest BCUT2D eigenvalue weighted by molar-refractivity contribution is 0.0264. The predicted octanol–water partition coefficient (Wildman–Crippen LogP) is -0.570. The minimum absolute atomic E-state index is 0.0553. The number of rotatable bonds is 0. The summed E-state index contributed by atoms with van der Waals surface area (Å²) in [4.78, 5) is 0. The van der Waals surface area contributed by atoms with Gasteiger partial charge in [-0.2, -0.15) is 0 Å². The monoisotopic (exact) mass is 159 g/mol. The number of aliphatic hydroxyl groups excluding tert-OH is 1. The highest BCUT2D eigenvalue weighted by Crippen LogP contribution is 2.21. The smallest absolute Gasteiger partial charge is 0.199 e. The fraction of sp³-hybridized carbons (Fsp3) is 1.00. The van der Waals surface area contributed by atoms with E-state index in [4.69, 9.17) is 9.47 Å². The Hall–Kier alpha value is -0.160. The molecule has 2 saturated heterocycles. The fourth-order valence-corrected chi connectivity index (χ4v) is 1.23. The topological polar surface area (TPSA) is 54.0 Å². The van der Waals surface area contributed by atoms with Gasteiger partial charge in [0.15, 0.2) is 12.5 Å². The molecular formula is C7H13NO3. The zero-order valence-corrected chi connectivity index (χ0v) is 6.32. The maximum atomic E-state index is 9.28. The van der Waals surface area contributed by atoms with Gasteiger partial charge in [0, 0.05) is 6.54 Å². The van der Waals surface area contributed by atoms with Crippen LogP contribution < -0.4 is 5.32 Å². The second-order valence-electron chi connectivity index (χ2n) is 2.98. The third-order valence-corrected chi connectivity index (χ3v) is 2.01. The highest BCUT2D eigenvalue weighted by molar-refractivity contribution is 4.76. The molecular weight excluding hydrogens is 146 g/mol. The summed E-state index contributed by atoms with van der Waals surface area (Å²) in [6, 6.07) is 0. The minimum Gasteiger partial charge on any atom is -0.393 e. The largest absolute Gasteiger partial charge is 0.393 e. The molecule has 0 radical (unpaired) electrons. The summed E-state index contributed by atoms with van der Waals surface area (Å²) in [6.45, 7) is 1.41. The van der Waals surface area contributed by atoms with Crippen LogP contribution in [0.25, 0.3) is 0 Å². The van der Waals surface area contributed by atoms with Gasteiger partial charge >= 0.3 is 0 Å². The van der Waals surface area contributed by atoms with Crippen molar-refractivity contribution in [2.45, 2.75) is 31.5 Å².